The van der Waals surface area contributed by atoms with Crippen molar-refractivity contribution in [2.45, 2.75) is 12.3 Å². The molecule has 1 aliphatic rings. The molecule has 0 aromatic carbocycles. The van der Waals surface area contributed by atoms with Crippen molar-refractivity contribution in [1.82, 2.24) is 14.9 Å². The number of hydrogen-bond donors (Lipinski definition) is 0. The molecule has 1 unspecified atom stereocenters. The van der Waals surface area contributed by atoms with E-state index < -0.39 is 0 Å². The second-order valence-electron chi connectivity index (χ2n) is 4.58. The van der Waals surface area contributed by atoms with Gasteiger partial charge < -0.3 is 9.80 Å². The van der Waals surface area contributed by atoms with Gasteiger partial charge in [-0.15, -0.1) is 0 Å². The van der Waals surface area contributed by atoms with Crippen molar-refractivity contribution >= 4 is 5.95 Å². The number of likely N-dealkylation sites (tertiary alicyclic amines) is 1. The molecule has 17 heavy (non-hydrogen) atoms. The van der Waals surface area contributed by atoms with Crippen molar-refractivity contribution in [1.29, 1.82) is 5.26 Å². The van der Waals surface area contributed by atoms with Crippen LogP contribution in [0.3, 0.4) is 0 Å². The van der Waals surface area contributed by atoms with E-state index in [0.29, 0.717) is 18.4 Å². The van der Waals surface area contributed by atoms with E-state index in [1.165, 1.54) is 12.0 Å². The lowest BCUT2D eigenvalue weighted by atomic mass is 10.0. The largest absolute Gasteiger partial charge is 0.331 e. The molecule has 1 saturated heterocycles. The molecule has 1 atom stereocenters. The molecule has 90 valence electrons. The van der Waals surface area contributed by atoms with Crippen LogP contribution in [0.5, 0.6) is 0 Å². The highest BCUT2D eigenvalue weighted by molar-refractivity contribution is 5.31. The van der Waals surface area contributed by atoms with Gasteiger partial charge in [0.2, 0.25) is 5.95 Å². The molecule has 2 heterocycles. The van der Waals surface area contributed by atoms with Crippen LogP contribution in [0.4, 0.5) is 5.95 Å². The molecular weight excluding hydrogens is 214 g/mol. The Morgan fingerprint density at radius 2 is 2.24 bits per heavy atom. The summed E-state index contributed by atoms with van der Waals surface area (Å²) >= 11 is 0. The van der Waals surface area contributed by atoms with Gasteiger partial charge in [-0.1, -0.05) is 0 Å². The molecule has 1 aromatic heterocycles. The predicted molar refractivity (Wildman–Crippen MR) is 65.8 cm³/mol. The van der Waals surface area contributed by atoms with Gasteiger partial charge in [-0.25, -0.2) is 9.97 Å². The van der Waals surface area contributed by atoms with E-state index in [-0.39, 0.29) is 0 Å². The zero-order valence-corrected chi connectivity index (χ0v) is 10.3. The molecule has 5 nitrogen and oxygen atoms in total. The van der Waals surface area contributed by atoms with Gasteiger partial charge in [-0.05, 0) is 25.6 Å². The summed E-state index contributed by atoms with van der Waals surface area (Å²) in [6.07, 6.45) is 4.95. The molecular formula is C12H17N5. The molecule has 1 fully saturated rings. The van der Waals surface area contributed by atoms with Crippen LogP contribution in [-0.4, -0.2) is 48.6 Å². The van der Waals surface area contributed by atoms with Gasteiger partial charge in [0.05, 0.1) is 6.07 Å². The molecule has 0 amide bonds. The fourth-order valence-electron chi connectivity index (χ4n) is 2.12. The summed E-state index contributed by atoms with van der Waals surface area (Å²) in [4.78, 5) is 12.7. The van der Waals surface area contributed by atoms with Crippen LogP contribution in [-0.2, 0) is 0 Å². The molecule has 0 radical (unpaired) electrons. The Bertz CT molecular complexity index is 408. The molecule has 5 heteroatoms. The summed E-state index contributed by atoms with van der Waals surface area (Å²) in [5, 5.41) is 8.60. The molecule has 0 saturated carbocycles. The van der Waals surface area contributed by atoms with Crippen molar-refractivity contribution in [3.8, 4) is 6.07 Å². The fraction of sp³-hybridized carbons (Fsp3) is 0.583. The highest BCUT2D eigenvalue weighted by atomic mass is 15.2. The summed E-state index contributed by atoms with van der Waals surface area (Å²) in [6.45, 7) is 2.53. The van der Waals surface area contributed by atoms with Gasteiger partial charge in [0.15, 0.2) is 0 Å². The Kier molecular flexibility index (Phi) is 3.55. The highest BCUT2D eigenvalue weighted by Crippen LogP contribution is 2.25. The van der Waals surface area contributed by atoms with E-state index in [2.05, 4.69) is 28.0 Å². The average Bonchev–Trinajstić information content (AvgIpc) is 2.76. The van der Waals surface area contributed by atoms with Crippen molar-refractivity contribution in [2.75, 3.05) is 38.6 Å². The predicted octanol–water partition coefficient (Wildman–Crippen LogP) is 0.855. The smallest absolute Gasteiger partial charge is 0.225 e. The van der Waals surface area contributed by atoms with Gasteiger partial charge in [-0.3, -0.25) is 0 Å². The number of likely N-dealkylation sites (N-methyl/N-ethyl adjacent to an activating group) is 1. The van der Waals surface area contributed by atoms with Crippen LogP contribution in [0.1, 0.15) is 17.9 Å². The first-order chi connectivity index (χ1) is 8.20. The second kappa shape index (κ2) is 5.11. The van der Waals surface area contributed by atoms with Gasteiger partial charge >= 0.3 is 0 Å². The molecule has 0 N–H and O–H groups in total. The Balaban J connectivity index is 2.05. The van der Waals surface area contributed by atoms with Gasteiger partial charge in [0, 0.05) is 31.9 Å². The molecule has 1 aliphatic heterocycles. The van der Waals surface area contributed by atoms with Crippen LogP contribution < -0.4 is 4.90 Å². The lowest BCUT2D eigenvalue weighted by molar-refractivity contribution is 0.411. The minimum atomic E-state index is 0.311. The van der Waals surface area contributed by atoms with E-state index in [1.54, 1.807) is 4.90 Å². The number of rotatable bonds is 3. The number of anilines is 1. The van der Waals surface area contributed by atoms with E-state index >= 15 is 0 Å². The number of nitrogens with zero attached hydrogens (tertiary/aromatic N) is 5. The van der Waals surface area contributed by atoms with Crippen LogP contribution in [0, 0.1) is 11.3 Å². The molecule has 2 rings (SSSR count). The molecule has 0 spiro atoms. The van der Waals surface area contributed by atoms with E-state index in [4.69, 9.17) is 5.26 Å². The first-order valence-corrected chi connectivity index (χ1v) is 5.79. The molecule has 0 aliphatic carbocycles. The van der Waals surface area contributed by atoms with E-state index in [0.717, 1.165) is 13.1 Å². The SMILES string of the molecule is CN1CCC(c2cnc(N(C)CC#N)nc2)C1. The van der Waals surface area contributed by atoms with Crippen LogP contribution >= 0.6 is 0 Å². The fourth-order valence-corrected chi connectivity index (χ4v) is 2.12. The maximum absolute atomic E-state index is 8.60. The Morgan fingerprint density at radius 3 is 2.76 bits per heavy atom. The van der Waals surface area contributed by atoms with Crippen molar-refractivity contribution in [2.24, 2.45) is 0 Å². The maximum Gasteiger partial charge on any atom is 0.225 e. The normalized spacial score (nSPS) is 20.2. The second-order valence-corrected chi connectivity index (χ2v) is 4.58. The third-order valence-corrected chi connectivity index (χ3v) is 3.17. The Morgan fingerprint density at radius 1 is 1.53 bits per heavy atom. The van der Waals surface area contributed by atoms with Gasteiger partial charge in [-0.2, -0.15) is 5.26 Å². The highest BCUT2D eigenvalue weighted by Gasteiger charge is 2.21. The number of aromatic nitrogens is 2. The topological polar surface area (TPSA) is 56.1 Å². The Hall–Kier alpha value is -1.67. The zero-order chi connectivity index (χ0) is 12.3. The van der Waals surface area contributed by atoms with Crippen molar-refractivity contribution in [3.63, 3.8) is 0 Å². The van der Waals surface area contributed by atoms with Gasteiger partial charge in [0.1, 0.15) is 6.54 Å². The summed E-state index contributed by atoms with van der Waals surface area (Å²) in [7, 11) is 3.96. The summed E-state index contributed by atoms with van der Waals surface area (Å²) in [5.41, 5.74) is 1.20. The Labute approximate surface area is 102 Å². The summed E-state index contributed by atoms with van der Waals surface area (Å²) < 4.78 is 0. The van der Waals surface area contributed by atoms with E-state index in [9.17, 15) is 0 Å². The molecule has 0 bridgehead atoms. The minimum absolute atomic E-state index is 0.311. The first kappa shape index (κ1) is 11.8. The minimum Gasteiger partial charge on any atom is -0.331 e. The lowest BCUT2D eigenvalue weighted by Gasteiger charge is -2.14. The third-order valence-electron chi connectivity index (χ3n) is 3.17. The summed E-state index contributed by atoms with van der Waals surface area (Å²) in [6, 6.07) is 2.08. The van der Waals surface area contributed by atoms with Crippen LogP contribution in [0.2, 0.25) is 0 Å². The van der Waals surface area contributed by atoms with Crippen LogP contribution in [0.15, 0.2) is 12.4 Å². The van der Waals surface area contributed by atoms with E-state index in [1.807, 2.05) is 19.4 Å². The first-order valence-electron chi connectivity index (χ1n) is 5.79. The maximum atomic E-state index is 8.60. The third kappa shape index (κ3) is 2.71. The van der Waals surface area contributed by atoms with Crippen LogP contribution in [0.25, 0.3) is 0 Å². The summed E-state index contributed by atoms with van der Waals surface area (Å²) in [5.74, 6) is 1.16. The quantitative estimate of drug-likeness (QED) is 0.722. The average molecular weight is 231 g/mol. The lowest BCUT2D eigenvalue weighted by Crippen LogP contribution is -2.20. The molecule has 1 aromatic rings. The monoisotopic (exact) mass is 231 g/mol. The van der Waals surface area contributed by atoms with Crippen molar-refractivity contribution < 1.29 is 0 Å². The number of hydrogen-bond acceptors (Lipinski definition) is 5. The zero-order valence-electron chi connectivity index (χ0n) is 10.3. The number of nitriles is 1. The van der Waals surface area contributed by atoms with Gasteiger partial charge in [0.25, 0.3) is 0 Å². The standard InChI is InChI=1S/C12H17N5/c1-16-5-3-10(9-16)11-7-14-12(15-8-11)17(2)6-4-13/h7-8,10H,3,5-6,9H2,1-2H3. The van der Waals surface area contributed by atoms with Crippen molar-refractivity contribution in [3.05, 3.63) is 18.0 Å².